The van der Waals surface area contributed by atoms with Crippen LogP contribution in [0, 0.1) is 13.8 Å². The fraction of sp³-hybridized carbons (Fsp3) is 0.389. The van der Waals surface area contributed by atoms with Gasteiger partial charge in [-0.15, -0.1) is 0 Å². The number of aromatic nitrogens is 1. The van der Waals surface area contributed by atoms with E-state index in [1.54, 1.807) is 32.2 Å². The molecule has 2 aromatic rings. The minimum absolute atomic E-state index is 0.156. The van der Waals surface area contributed by atoms with Gasteiger partial charge < -0.3 is 9.30 Å². The van der Waals surface area contributed by atoms with Crippen molar-refractivity contribution in [3.63, 3.8) is 0 Å². The number of halogens is 1. The molecule has 2 heterocycles. The SMILES string of the molecule is Cc1ccc(Cl)cc1S(=O)(=O)N1CCC(Oc2cc(C)n(C)c(=O)c2)C1. The zero-order chi connectivity index (χ0) is 19.1. The van der Waals surface area contributed by atoms with Crippen molar-refractivity contribution in [3.8, 4) is 5.75 Å². The molecule has 1 unspecified atom stereocenters. The van der Waals surface area contributed by atoms with Crippen molar-refractivity contribution >= 4 is 21.6 Å². The highest BCUT2D eigenvalue weighted by molar-refractivity contribution is 7.89. The molecule has 140 valence electrons. The molecular formula is C18H21ClN2O4S. The Morgan fingerprint density at radius 2 is 1.92 bits per heavy atom. The van der Waals surface area contributed by atoms with Gasteiger partial charge in [-0.1, -0.05) is 17.7 Å². The Kier molecular flexibility index (Phi) is 5.14. The van der Waals surface area contributed by atoms with Gasteiger partial charge in [-0.05, 0) is 44.0 Å². The lowest BCUT2D eigenvalue weighted by molar-refractivity contribution is 0.214. The van der Waals surface area contributed by atoms with E-state index in [-0.39, 0.29) is 23.1 Å². The van der Waals surface area contributed by atoms with Crippen LogP contribution in [0.15, 0.2) is 40.0 Å². The van der Waals surface area contributed by atoms with Crippen molar-refractivity contribution in [1.29, 1.82) is 0 Å². The molecule has 26 heavy (non-hydrogen) atoms. The van der Waals surface area contributed by atoms with Crippen LogP contribution in [-0.4, -0.2) is 36.5 Å². The largest absolute Gasteiger partial charge is 0.489 e. The quantitative estimate of drug-likeness (QED) is 0.796. The summed E-state index contributed by atoms with van der Waals surface area (Å²) >= 11 is 5.97. The van der Waals surface area contributed by atoms with Gasteiger partial charge >= 0.3 is 0 Å². The number of hydrogen-bond donors (Lipinski definition) is 0. The Morgan fingerprint density at radius 1 is 1.19 bits per heavy atom. The first-order valence-corrected chi connectivity index (χ1v) is 10.1. The van der Waals surface area contributed by atoms with Crippen LogP contribution in [0.3, 0.4) is 0 Å². The summed E-state index contributed by atoms with van der Waals surface area (Å²) in [6, 6.07) is 8.04. The number of pyridine rings is 1. The normalized spacial score (nSPS) is 18.2. The highest BCUT2D eigenvalue weighted by Crippen LogP contribution is 2.27. The van der Waals surface area contributed by atoms with E-state index in [0.717, 1.165) is 5.69 Å². The van der Waals surface area contributed by atoms with E-state index in [9.17, 15) is 13.2 Å². The van der Waals surface area contributed by atoms with Crippen molar-refractivity contribution in [1.82, 2.24) is 8.87 Å². The van der Waals surface area contributed by atoms with Gasteiger partial charge in [0.05, 0.1) is 11.4 Å². The predicted octanol–water partition coefficient (Wildman–Crippen LogP) is 2.50. The summed E-state index contributed by atoms with van der Waals surface area (Å²) < 4.78 is 34.6. The van der Waals surface area contributed by atoms with Gasteiger partial charge in [0.15, 0.2) is 0 Å². The maximum atomic E-state index is 12.9. The molecule has 0 amide bonds. The molecule has 0 aliphatic carbocycles. The summed E-state index contributed by atoms with van der Waals surface area (Å²) in [5, 5.41) is 0.386. The average molecular weight is 397 g/mol. The lowest BCUT2D eigenvalue weighted by Crippen LogP contribution is -2.31. The smallest absolute Gasteiger partial charge is 0.254 e. The Balaban J connectivity index is 1.78. The lowest BCUT2D eigenvalue weighted by atomic mass is 10.2. The van der Waals surface area contributed by atoms with Crippen LogP contribution >= 0.6 is 11.6 Å². The molecule has 0 N–H and O–H groups in total. The third-order valence-electron chi connectivity index (χ3n) is 4.66. The first-order valence-electron chi connectivity index (χ1n) is 8.29. The maximum absolute atomic E-state index is 12.9. The van der Waals surface area contributed by atoms with E-state index < -0.39 is 10.0 Å². The summed E-state index contributed by atoms with van der Waals surface area (Å²) in [5.41, 5.74) is 1.28. The van der Waals surface area contributed by atoms with Gasteiger partial charge in [-0.3, -0.25) is 4.79 Å². The molecule has 0 spiro atoms. The van der Waals surface area contributed by atoms with E-state index in [1.165, 1.54) is 21.0 Å². The molecule has 0 saturated carbocycles. The number of sulfonamides is 1. The van der Waals surface area contributed by atoms with E-state index in [2.05, 4.69) is 0 Å². The number of hydrogen-bond acceptors (Lipinski definition) is 4. The standard InChI is InChI=1S/C18H21ClN2O4S/c1-12-4-5-14(19)9-17(12)26(23,24)21-7-6-15(11-21)25-16-8-13(2)20(3)18(22)10-16/h4-5,8-10,15H,6-7,11H2,1-3H3. The molecule has 1 aromatic carbocycles. The van der Waals surface area contributed by atoms with Crippen LogP contribution in [-0.2, 0) is 17.1 Å². The van der Waals surface area contributed by atoms with Crippen LogP contribution in [0.2, 0.25) is 5.02 Å². The van der Waals surface area contributed by atoms with E-state index in [1.807, 2.05) is 6.92 Å². The third kappa shape index (κ3) is 3.65. The number of rotatable bonds is 4. The third-order valence-corrected chi connectivity index (χ3v) is 6.90. The van der Waals surface area contributed by atoms with Crippen LogP contribution in [0.4, 0.5) is 0 Å². The highest BCUT2D eigenvalue weighted by Gasteiger charge is 2.34. The number of aryl methyl sites for hydroxylation is 2. The fourth-order valence-corrected chi connectivity index (χ4v) is 4.97. The van der Waals surface area contributed by atoms with Gasteiger partial charge in [-0.2, -0.15) is 4.31 Å². The fourth-order valence-electron chi connectivity index (χ4n) is 3.00. The summed E-state index contributed by atoms with van der Waals surface area (Å²) in [6.07, 6.45) is 0.267. The summed E-state index contributed by atoms with van der Waals surface area (Å²) in [6.45, 7) is 4.17. The first-order chi connectivity index (χ1) is 12.2. The number of nitrogens with zero attached hydrogens (tertiary/aromatic N) is 2. The minimum Gasteiger partial charge on any atom is -0.489 e. The van der Waals surface area contributed by atoms with Crippen molar-refractivity contribution in [2.75, 3.05) is 13.1 Å². The molecule has 0 bridgehead atoms. The molecule has 1 aromatic heterocycles. The first kappa shape index (κ1) is 18.9. The summed E-state index contributed by atoms with van der Waals surface area (Å²) in [7, 11) is -1.94. The highest BCUT2D eigenvalue weighted by atomic mass is 35.5. The van der Waals surface area contributed by atoms with Crippen LogP contribution < -0.4 is 10.3 Å². The second-order valence-corrected chi connectivity index (χ2v) is 8.87. The zero-order valence-corrected chi connectivity index (χ0v) is 16.5. The Hall–Kier alpha value is -1.83. The van der Waals surface area contributed by atoms with E-state index in [4.69, 9.17) is 16.3 Å². The molecule has 8 heteroatoms. The predicted molar refractivity (Wildman–Crippen MR) is 100 cm³/mol. The number of ether oxygens (including phenoxy) is 1. The van der Waals surface area contributed by atoms with Crippen molar-refractivity contribution < 1.29 is 13.2 Å². The summed E-state index contributed by atoms with van der Waals surface area (Å²) in [4.78, 5) is 12.1. The number of benzene rings is 1. The molecule has 0 radical (unpaired) electrons. The van der Waals surface area contributed by atoms with Gasteiger partial charge in [0.1, 0.15) is 11.9 Å². The molecule has 1 saturated heterocycles. The maximum Gasteiger partial charge on any atom is 0.254 e. The molecular weight excluding hydrogens is 376 g/mol. The molecule has 1 aliphatic heterocycles. The Labute approximate surface area is 158 Å². The van der Waals surface area contributed by atoms with E-state index in [0.29, 0.717) is 29.3 Å². The second-order valence-electron chi connectivity index (χ2n) is 6.53. The lowest BCUT2D eigenvalue weighted by Gasteiger charge is -2.19. The molecule has 6 nitrogen and oxygen atoms in total. The molecule has 1 atom stereocenters. The molecule has 1 aliphatic rings. The van der Waals surface area contributed by atoms with Crippen molar-refractivity contribution in [2.24, 2.45) is 7.05 Å². The van der Waals surface area contributed by atoms with Gasteiger partial charge in [0.2, 0.25) is 10.0 Å². The van der Waals surface area contributed by atoms with Crippen LogP contribution in [0.1, 0.15) is 17.7 Å². The summed E-state index contributed by atoms with van der Waals surface area (Å²) in [5.74, 6) is 0.466. The zero-order valence-electron chi connectivity index (χ0n) is 14.9. The van der Waals surface area contributed by atoms with Crippen LogP contribution in [0.5, 0.6) is 5.75 Å². The van der Waals surface area contributed by atoms with Crippen molar-refractivity contribution in [2.45, 2.75) is 31.3 Å². The van der Waals surface area contributed by atoms with Gasteiger partial charge in [0.25, 0.3) is 5.56 Å². The molecule has 1 fully saturated rings. The molecule has 3 rings (SSSR count). The average Bonchev–Trinajstić information content (AvgIpc) is 3.04. The van der Waals surface area contributed by atoms with E-state index >= 15 is 0 Å². The van der Waals surface area contributed by atoms with Gasteiger partial charge in [0, 0.05) is 30.4 Å². The minimum atomic E-state index is -3.64. The van der Waals surface area contributed by atoms with Crippen LogP contribution in [0.25, 0.3) is 0 Å². The second kappa shape index (κ2) is 7.06. The Morgan fingerprint density at radius 3 is 2.62 bits per heavy atom. The van der Waals surface area contributed by atoms with Gasteiger partial charge in [-0.25, -0.2) is 8.42 Å². The Bertz CT molecular complexity index is 1000. The monoisotopic (exact) mass is 396 g/mol. The topological polar surface area (TPSA) is 68.6 Å². The van der Waals surface area contributed by atoms with Crippen molar-refractivity contribution in [3.05, 3.63) is 57.0 Å².